The molecular weight excluding hydrogens is 378 g/mol. The molecule has 1 aliphatic heterocycles. The minimum absolute atomic E-state index is 0.0747. The molecule has 0 radical (unpaired) electrons. The summed E-state index contributed by atoms with van der Waals surface area (Å²) in [7, 11) is -3.32. The monoisotopic (exact) mass is 401 g/mol. The van der Waals surface area contributed by atoms with Crippen molar-refractivity contribution >= 4 is 27.5 Å². The van der Waals surface area contributed by atoms with E-state index in [1.165, 1.54) is 4.31 Å². The van der Waals surface area contributed by atoms with Crippen molar-refractivity contribution in [2.45, 2.75) is 25.5 Å². The second-order valence-electron chi connectivity index (χ2n) is 6.86. The topological polar surface area (TPSA) is 110 Å². The number of amides is 2. The SMILES string of the molecule is Cc1c(NC(=O)c2ccc(CS(=O)(=O)N3CCCC3)cc2)cccc1C(N)=O. The zero-order valence-corrected chi connectivity index (χ0v) is 16.5. The number of primary amides is 1. The van der Waals surface area contributed by atoms with Gasteiger partial charge in [-0.2, -0.15) is 0 Å². The molecule has 2 aromatic carbocycles. The van der Waals surface area contributed by atoms with Crippen LogP contribution in [0, 0.1) is 6.92 Å². The number of carbonyl (C=O) groups excluding carboxylic acids is 2. The van der Waals surface area contributed by atoms with Crippen LogP contribution in [0.2, 0.25) is 0 Å². The van der Waals surface area contributed by atoms with Crippen molar-refractivity contribution in [3.63, 3.8) is 0 Å². The smallest absolute Gasteiger partial charge is 0.255 e. The highest BCUT2D eigenvalue weighted by Crippen LogP contribution is 2.20. The van der Waals surface area contributed by atoms with Crippen LogP contribution in [0.1, 0.15) is 44.7 Å². The number of sulfonamides is 1. The van der Waals surface area contributed by atoms with E-state index >= 15 is 0 Å². The molecule has 28 heavy (non-hydrogen) atoms. The molecule has 7 nitrogen and oxygen atoms in total. The number of anilines is 1. The summed E-state index contributed by atoms with van der Waals surface area (Å²) in [4.78, 5) is 23.9. The van der Waals surface area contributed by atoms with E-state index in [2.05, 4.69) is 5.32 Å². The molecule has 0 unspecified atom stereocenters. The Morgan fingerprint density at radius 1 is 1.07 bits per heavy atom. The summed E-state index contributed by atoms with van der Waals surface area (Å²) in [6, 6.07) is 11.4. The van der Waals surface area contributed by atoms with Crippen LogP contribution in [0.5, 0.6) is 0 Å². The van der Waals surface area contributed by atoms with Crippen molar-refractivity contribution in [1.29, 1.82) is 0 Å². The molecule has 1 saturated heterocycles. The average molecular weight is 401 g/mol. The van der Waals surface area contributed by atoms with Gasteiger partial charge in [-0.25, -0.2) is 12.7 Å². The van der Waals surface area contributed by atoms with Gasteiger partial charge in [0.25, 0.3) is 5.91 Å². The minimum atomic E-state index is -3.32. The molecule has 0 saturated carbocycles. The van der Waals surface area contributed by atoms with Gasteiger partial charge in [0.1, 0.15) is 0 Å². The maximum atomic E-state index is 12.5. The van der Waals surface area contributed by atoms with E-state index in [9.17, 15) is 18.0 Å². The second kappa shape index (κ2) is 8.12. The zero-order valence-electron chi connectivity index (χ0n) is 15.6. The van der Waals surface area contributed by atoms with Gasteiger partial charge in [-0.15, -0.1) is 0 Å². The Morgan fingerprint density at radius 3 is 2.32 bits per heavy atom. The number of rotatable bonds is 6. The lowest BCUT2D eigenvalue weighted by atomic mass is 10.1. The van der Waals surface area contributed by atoms with Crippen LogP contribution in [0.25, 0.3) is 0 Å². The third-order valence-electron chi connectivity index (χ3n) is 4.87. The Labute approximate surface area is 164 Å². The summed E-state index contributed by atoms with van der Waals surface area (Å²) in [5, 5.41) is 2.76. The fourth-order valence-corrected chi connectivity index (χ4v) is 4.86. The van der Waals surface area contributed by atoms with Crippen molar-refractivity contribution in [3.8, 4) is 0 Å². The van der Waals surface area contributed by atoms with Crippen LogP contribution < -0.4 is 11.1 Å². The Kier molecular flexibility index (Phi) is 5.81. The Morgan fingerprint density at radius 2 is 1.71 bits per heavy atom. The molecule has 1 fully saturated rings. The van der Waals surface area contributed by atoms with Gasteiger partial charge in [-0.3, -0.25) is 9.59 Å². The summed E-state index contributed by atoms with van der Waals surface area (Å²) in [5.74, 6) is -0.981. The quantitative estimate of drug-likeness (QED) is 0.774. The first-order valence-corrected chi connectivity index (χ1v) is 10.7. The van der Waals surface area contributed by atoms with Crippen molar-refractivity contribution in [2.75, 3.05) is 18.4 Å². The van der Waals surface area contributed by atoms with Crippen LogP contribution in [0.4, 0.5) is 5.69 Å². The molecule has 8 heteroatoms. The van der Waals surface area contributed by atoms with E-state index in [0.29, 0.717) is 41.0 Å². The standard InChI is InChI=1S/C20H23N3O4S/c1-14-17(19(21)24)5-4-6-18(14)22-20(25)16-9-7-15(8-10-16)13-28(26,27)23-11-2-3-12-23/h4-10H,2-3,11-13H2,1H3,(H2,21,24)(H,22,25). The number of hydrogen-bond donors (Lipinski definition) is 2. The highest BCUT2D eigenvalue weighted by atomic mass is 32.2. The first-order chi connectivity index (χ1) is 13.3. The van der Waals surface area contributed by atoms with Gasteiger partial charge < -0.3 is 11.1 Å². The number of carbonyl (C=O) groups is 2. The maximum Gasteiger partial charge on any atom is 0.255 e. The van der Waals surface area contributed by atoms with Crippen molar-refractivity contribution in [3.05, 3.63) is 64.7 Å². The highest BCUT2D eigenvalue weighted by molar-refractivity contribution is 7.88. The van der Waals surface area contributed by atoms with Gasteiger partial charge in [0.15, 0.2) is 0 Å². The highest BCUT2D eigenvalue weighted by Gasteiger charge is 2.25. The average Bonchev–Trinajstić information content (AvgIpc) is 3.19. The van der Waals surface area contributed by atoms with Crippen LogP contribution in [-0.4, -0.2) is 37.6 Å². The first kappa shape index (κ1) is 20.0. The molecule has 0 bridgehead atoms. The van der Waals surface area contributed by atoms with E-state index in [4.69, 9.17) is 5.73 Å². The third kappa shape index (κ3) is 4.40. The Balaban J connectivity index is 1.71. The fourth-order valence-electron chi connectivity index (χ4n) is 3.25. The molecule has 1 aliphatic rings. The molecule has 0 aliphatic carbocycles. The van der Waals surface area contributed by atoms with Crippen molar-refractivity contribution < 1.29 is 18.0 Å². The predicted octanol–water partition coefficient (Wildman–Crippen LogP) is 2.27. The molecule has 0 spiro atoms. The molecule has 1 heterocycles. The van der Waals surface area contributed by atoms with Gasteiger partial charge in [0.05, 0.1) is 5.75 Å². The van der Waals surface area contributed by atoms with E-state index < -0.39 is 15.9 Å². The molecule has 0 atom stereocenters. The molecule has 3 rings (SSSR count). The summed E-state index contributed by atoms with van der Waals surface area (Å²) < 4.78 is 26.3. The summed E-state index contributed by atoms with van der Waals surface area (Å²) in [6.07, 6.45) is 1.80. The third-order valence-corrected chi connectivity index (χ3v) is 6.72. The largest absolute Gasteiger partial charge is 0.366 e. The molecule has 0 aromatic heterocycles. The predicted molar refractivity (Wildman–Crippen MR) is 108 cm³/mol. The van der Waals surface area contributed by atoms with Crippen LogP contribution in [0.15, 0.2) is 42.5 Å². The number of nitrogens with two attached hydrogens (primary N) is 1. The molecule has 148 valence electrons. The van der Waals surface area contributed by atoms with Gasteiger partial charge >= 0.3 is 0 Å². The van der Waals surface area contributed by atoms with Crippen molar-refractivity contribution in [2.24, 2.45) is 5.73 Å². The van der Waals surface area contributed by atoms with Crippen LogP contribution in [0.3, 0.4) is 0 Å². The molecular formula is C20H23N3O4S. The van der Waals surface area contributed by atoms with E-state index in [1.807, 2.05) is 0 Å². The first-order valence-electron chi connectivity index (χ1n) is 9.05. The summed E-state index contributed by atoms with van der Waals surface area (Å²) >= 11 is 0. The number of benzene rings is 2. The maximum absolute atomic E-state index is 12.5. The molecule has 2 amide bonds. The van der Waals surface area contributed by atoms with E-state index in [1.54, 1.807) is 49.4 Å². The lowest BCUT2D eigenvalue weighted by Gasteiger charge is -2.15. The lowest BCUT2D eigenvalue weighted by molar-refractivity contribution is 0.0995. The number of nitrogens with one attached hydrogen (secondary N) is 1. The second-order valence-corrected chi connectivity index (χ2v) is 8.82. The van der Waals surface area contributed by atoms with E-state index in [-0.39, 0.29) is 11.7 Å². The number of hydrogen-bond acceptors (Lipinski definition) is 4. The van der Waals surface area contributed by atoms with Crippen LogP contribution >= 0.6 is 0 Å². The Bertz CT molecular complexity index is 995. The minimum Gasteiger partial charge on any atom is -0.366 e. The zero-order chi connectivity index (χ0) is 20.3. The van der Waals surface area contributed by atoms with Gasteiger partial charge in [0.2, 0.25) is 15.9 Å². The summed E-state index contributed by atoms with van der Waals surface area (Å²) in [5.41, 5.74) is 7.81. The Hall–Kier alpha value is -2.71. The fraction of sp³-hybridized carbons (Fsp3) is 0.300. The number of nitrogens with zero attached hydrogens (tertiary/aromatic N) is 1. The van der Waals surface area contributed by atoms with Gasteiger partial charge in [-0.05, 0) is 55.2 Å². The normalized spacial score (nSPS) is 14.8. The van der Waals surface area contributed by atoms with E-state index in [0.717, 1.165) is 12.8 Å². The van der Waals surface area contributed by atoms with Gasteiger partial charge in [0, 0.05) is 29.9 Å². The van der Waals surface area contributed by atoms with Crippen molar-refractivity contribution in [1.82, 2.24) is 4.31 Å². The lowest BCUT2D eigenvalue weighted by Crippen LogP contribution is -2.29. The summed E-state index contributed by atoms with van der Waals surface area (Å²) in [6.45, 7) is 2.86. The molecule has 2 aromatic rings. The molecule has 3 N–H and O–H groups in total. The van der Waals surface area contributed by atoms with Gasteiger partial charge in [-0.1, -0.05) is 18.2 Å². The van der Waals surface area contributed by atoms with Crippen LogP contribution in [-0.2, 0) is 15.8 Å².